The molecular weight excluding hydrogens is 204 g/mol. The normalized spacial score (nSPS) is 24.6. The highest BCUT2D eigenvalue weighted by molar-refractivity contribution is 5.69. The Hall–Kier alpha value is -0.770. The van der Waals surface area contributed by atoms with Crippen molar-refractivity contribution >= 4 is 6.09 Å². The van der Waals surface area contributed by atoms with E-state index in [0.717, 1.165) is 13.0 Å². The van der Waals surface area contributed by atoms with E-state index >= 15 is 0 Å². The standard InChI is InChI=1S/C12H24N2O2/c1-11(2,3)16-10(15)14-7-6-12(4,5)9(14)8-13/h9H,6-8,13H2,1-5H3. The van der Waals surface area contributed by atoms with E-state index < -0.39 is 5.60 Å². The van der Waals surface area contributed by atoms with E-state index in [0.29, 0.717) is 6.54 Å². The fourth-order valence-corrected chi connectivity index (χ4v) is 2.14. The molecule has 4 nitrogen and oxygen atoms in total. The van der Waals surface area contributed by atoms with Crippen LogP contribution in [0.2, 0.25) is 0 Å². The van der Waals surface area contributed by atoms with Crippen LogP contribution in [0, 0.1) is 5.41 Å². The van der Waals surface area contributed by atoms with Crippen molar-refractivity contribution in [3.63, 3.8) is 0 Å². The Kier molecular flexibility index (Phi) is 3.53. The van der Waals surface area contributed by atoms with Crippen LogP contribution in [0.3, 0.4) is 0 Å². The molecule has 1 unspecified atom stereocenters. The quantitative estimate of drug-likeness (QED) is 0.746. The molecule has 94 valence electrons. The molecule has 0 spiro atoms. The van der Waals surface area contributed by atoms with Gasteiger partial charge in [0.05, 0.1) is 6.04 Å². The van der Waals surface area contributed by atoms with Crippen molar-refractivity contribution in [3.8, 4) is 0 Å². The topological polar surface area (TPSA) is 55.6 Å². The first-order valence-electron chi connectivity index (χ1n) is 5.87. The van der Waals surface area contributed by atoms with E-state index in [1.165, 1.54) is 0 Å². The summed E-state index contributed by atoms with van der Waals surface area (Å²) in [6, 6.07) is 0.0855. The van der Waals surface area contributed by atoms with Crippen LogP contribution < -0.4 is 5.73 Å². The lowest BCUT2D eigenvalue weighted by molar-refractivity contribution is 0.0188. The summed E-state index contributed by atoms with van der Waals surface area (Å²) in [6.45, 7) is 11.2. The van der Waals surface area contributed by atoms with Crippen molar-refractivity contribution in [3.05, 3.63) is 0 Å². The summed E-state index contributed by atoms with van der Waals surface area (Å²) in [4.78, 5) is 13.7. The van der Waals surface area contributed by atoms with Gasteiger partial charge in [-0.15, -0.1) is 0 Å². The lowest BCUT2D eigenvalue weighted by atomic mass is 9.85. The third kappa shape index (κ3) is 2.88. The molecule has 0 saturated carbocycles. The van der Waals surface area contributed by atoms with Crippen molar-refractivity contribution in [2.24, 2.45) is 11.1 Å². The summed E-state index contributed by atoms with van der Waals surface area (Å²) >= 11 is 0. The minimum Gasteiger partial charge on any atom is -0.444 e. The average molecular weight is 228 g/mol. The molecule has 1 atom stereocenters. The van der Waals surface area contributed by atoms with E-state index in [9.17, 15) is 4.79 Å². The van der Waals surface area contributed by atoms with Gasteiger partial charge in [-0.1, -0.05) is 13.8 Å². The molecule has 4 heteroatoms. The minimum absolute atomic E-state index is 0.0855. The molecule has 0 aliphatic carbocycles. The predicted octanol–water partition coefficient (Wildman–Crippen LogP) is 1.98. The van der Waals surface area contributed by atoms with Crippen LogP contribution in [-0.4, -0.2) is 35.7 Å². The Bertz CT molecular complexity index is 269. The molecule has 1 amide bonds. The molecule has 1 aliphatic rings. The van der Waals surface area contributed by atoms with E-state index in [1.54, 1.807) is 4.90 Å². The number of carbonyl (C=O) groups excluding carboxylic acids is 1. The second kappa shape index (κ2) is 4.24. The molecule has 2 N–H and O–H groups in total. The molecule has 16 heavy (non-hydrogen) atoms. The van der Waals surface area contributed by atoms with Crippen LogP contribution in [0.1, 0.15) is 41.0 Å². The maximum atomic E-state index is 12.0. The van der Waals surface area contributed by atoms with E-state index in [4.69, 9.17) is 10.5 Å². The van der Waals surface area contributed by atoms with Crippen molar-refractivity contribution in [1.82, 2.24) is 4.90 Å². The molecule has 0 aromatic rings. The smallest absolute Gasteiger partial charge is 0.410 e. The van der Waals surface area contributed by atoms with E-state index in [-0.39, 0.29) is 17.6 Å². The summed E-state index contributed by atoms with van der Waals surface area (Å²) in [5.41, 5.74) is 5.40. The maximum Gasteiger partial charge on any atom is 0.410 e. The number of hydrogen-bond acceptors (Lipinski definition) is 3. The number of rotatable bonds is 1. The monoisotopic (exact) mass is 228 g/mol. The highest BCUT2D eigenvalue weighted by Crippen LogP contribution is 2.36. The van der Waals surface area contributed by atoms with Gasteiger partial charge in [-0.05, 0) is 32.6 Å². The van der Waals surface area contributed by atoms with E-state index in [2.05, 4.69) is 13.8 Å². The van der Waals surface area contributed by atoms with Gasteiger partial charge in [-0.3, -0.25) is 0 Å². The number of nitrogens with zero attached hydrogens (tertiary/aromatic N) is 1. The van der Waals surface area contributed by atoms with Crippen LogP contribution in [0.15, 0.2) is 0 Å². The van der Waals surface area contributed by atoms with E-state index in [1.807, 2.05) is 20.8 Å². The number of ether oxygens (including phenoxy) is 1. The van der Waals surface area contributed by atoms with Crippen LogP contribution in [0.4, 0.5) is 4.79 Å². The second-order valence-electron chi connectivity index (χ2n) is 6.16. The number of amides is 1. The first kappa shape index (κ1) is 13.3. The van der Waals surface area contributed by atoms with Gasteiger partial charge in [0.15, 0.2) is 0 Å². The Labute approximate surface area is 98.1 Å². The zero-order chi connectivity index (χ0) is 12.6. The third-order valence-corrected chi connectivity index (χ3v) is 3.13. The van der Waals surface area contributed by atoms with Crippen LogP contribution in [0.5, 0.6) is 0 Å². The van der Waals surface area contributed by atoms with Crippen molar-refractivity contribution in [2.75, 3.05) is 13.1 Å². The number of nitrogens with two attached hydrogens (primary N) is 1. The van der Waals surface area contributed by atoms with Gasteiger partial charge >= 0.3 is 6.09 Å². The Morgan fingerprint density at radius 1 is 1.50 bits per heavy atom. The van der Waals surface area contributed by atoms with Gasteiger partial charge in [0.25, 0.3) is 0 Å². The Morgan fingerprint density at radius 2 is 2.06 bits per heavy atom. The van der Waals surface area contributed by atoms with Gasteiger partial charge in [0, 0.05) is 13.1 Å². The maximum absolute atomic E-state index is 12.0. The largest absolute Gasteiger partial charge is 0.444 e. The first-order chi connectivity index (χ1) is 7.17. The minimum atomic E-state index is -0.442. The van der Waals surface area contributed by atoms with Gasteiger partial charge < -0.3 is 15.4 Å². The van der Waals surface area contributed by atoms with Crippen LogP contribution in [0.25, 0.3) is 0 Å². The third-order valence-electron chi connectivity index (χ3n) is 3.13. The second-order valence-corrected chi connectivity index (χ2v) is 6.16. The number of likely N-dealkylation sites (tertiary alicyclic amines) is 1. The molecule has 1 fully saturated rings. The summed E-state index contributed by atoms with van der Waals surface area (Å²) in [7, 11) is 0. The summed E-state index contributed by atoms with van der Waals surface area (Å²) in [5.74, 6) is 0. The number of hydrogen-bond donors (Lipinski definition) is 1. The predicted molar refractivity (Wildman–Crippen MR) is 64.2 cm³/mol. The summed E-state index contributed by atoms with van der Waals surface area (Å²) in [5, 5.41) is 0. The fraction of sp³-hybridized carbons (Fsp3) is 0.917. The summed E-state index contributed by atoms with van der Waals surface area (Å²) < 4.78 is 5.38. The zero-order valence-electron chi connectivity index (χ0n) is 11.0. The van der Waals surface area contributed by atoms with Gasteiger partial charge in [-0.25, -0.2) is 4.79 Å². The molecule has 1 saturated heterocycles. The fourth-order valence-electron chi connectivity index (χ4n) is 2.14. The van der Waals surface area contributed by atoms with Gasteiger partial charge in [0.1, 0.15) is 5.60 Å². The van der Waals surface area contributed by atoms with Crippen LogP contribution in [-0.2, 0) is 4.74 Å². The molecular formula is C12H24N2O2. The SMILES string of the molecule is CC(C)(C)OC(=O)N1CCC(C)(C)C1CN. The van der Waals surface area contributed by atoms with Crippen molar-refractivity contribution < 1.29 is 9.53 Å². The first-order valence-corrected chi connectivity index (χ1v) is 5.87. The molecule has 0 aromatic heterocycles. The molecule has 0 radical (unpaired) electrons. The van der Waals surface area contributed by atoms with Crippen molar-refractivity contribution in [2.45, 2.75) is 52.7 Å². The number of carbonyl (C=O) groups is 1. The molecule has 0 aromatic carbocycles. The highest BCUT2D eigenvalue weighted by Gasteiger charge is 2.43. The molecule has 1 aliphatic heterocycles. The van der Waals surface area contributed by atoms with Gasteiger partial charge in [0.2, 0.25) is 0 Å². The molecule has 0 bridgehead atoms. The lowest BCUT2D eigenvalue weighted by Crippen LogP contribution is -2.47. The van der Waals surface area contributed by atoms with Gasteiger partial charge in [-0.2, -0.15) is 0 Å². The van der Waals surface area contributed by atoms with Crippen LogP contribution >= 0.6 is 0 Å². The average Bonchev–Trinajstić information content (AvgIpc) is 2.37. The lowest BCUT2D eigenvalue weighted by Gasteiger charge is -2.32. The summed E-state index contributed by atoms with van der Waals surface area (Å²) in [6.07, 6.45) is 0.738. The Morgan fingerprint density at radius 3 is 2.50 bits per heavy atom. The molecule has 1 rings (SSSR count). The highest BCUT2D eigenvalue weighted by atomic mass is 16.6. The Balaban J connectivity index is 2.71. The van der Waals surface area contributed by atoms with Crippen molar-refractivity contribution in [1.29, 1.82) is 0 Å². The molecule has 1 heterocycles. The zero-order valence-corrected chi connectivity index (χ0v) is 11.0.